The largest absolute Gasteiger partial charge is 0.493 e. The highest BCUT2D eigenvalue weighted by Crippen LogP contribution is 2.32. The van der Waals surface area contributed by atoms with E-state index in [4.69, 9.17) is 20.9 Å². The minimum absolute atomic E-state index is 0.0113. The van der Waals surface area contributed by atoms with Crippen molar-refractivity contribution in [1.82, 2.24) is 0 Å². The summed E-state index contributed by atoms with van der Waals surface area (Å²) in [5.74, 6) is 0.867. The van der Waals surface area contributed by atoms with Crippen LogP contribution in [0.2, 0.25) is 0 Å². The van der Waals surface area contributed by atoms with Crippen LogP contribution >= 0.6 is 0 Å². The number of hydrogen-bond acceptors (Lipinski definition) is 4. The van der Waals surface area contributed by atoms with Crippen molar-refractivity contribution >= 4 is 0 Å². The van der Waals surface area contributed by atoms with Gasteiger partial charge in [-0.3, -0.25) is 0 Å². The molecule has 1 atom stereocenters. The topological polar surface area (TPSA) is 70.5 Å². The third-order valence-corrected chi connectivity index (χ3v) is 3.52. The highest BCUT2D eigenvalue weighted by atomic mass is 19.4. The molecule has 0 radical (unpaired) electrons. The van der Waals surface area contributed by atoms with E-state index in [0.717, 1.165) is 17.7 Å². The predicted octanol–water partition coefficient (Wildman–Crippen LogP) is 3.25. The number of alkyl halides is 3. The zero-order valence-electron chi connectivity index (χ0n) is 13.1. The summed E-state index contributed by atoms with van der Waals surface area (Å²) in [5, 5.41) is 0. The smallest absolute Gasteiger partial charge is 0.416 e. The minimum atomic E-state index is -4.38. The first-order chi connectivity index (χ1) is 11.3. The Hall–Kier alpha value is -2.25. The average molecular weight is 340 g/mol. The lowest BCUT2D eigenvalue weighted by Crippen LogP contribution is -2.20. The number of halogens is 3. The van der Waals surface area contributed by atoms with E-state index in [1.165, 1.54) is 13.2 Å². The van der Waals surface area contributed by atoms with Crippen molar-refractivity contribution in [3.63, 3.8) is 0 Å². The van der Waals surface area contributed by atoms with Crippen LogP contribution in [0.1, 0.15) is 22.7 Å². The number of ether oxygens (including phenoxy) is 2. The molecule has 2 aromatic carbocycles. The second-order valence-corrected chi connectivity index (χ2v) is 5.24. The van der Waals surface area contributed by atoms with Crippen LogP contribution in [0.4, 0.5) is 13.2 Å². The Kier molecular flexibility index (Phi) is 5.69. The van der Waals surface area contributed by atoms with Crippen molar-refractivity contribution in [2.45, 2.75) is 18.8 Å². The molecule has 7 heteroatoms. The maximum Gasteiger partial charge on any atom is 0.416 e. The maximum absolute atomic E-state index is 12.7. The number of methoxy groups -OCH3 is 1. The van der Waals surface area contributed by atoms with Gasteiger partial charge in [0.25, 0.3) is 0 Å². The van der Waals surface area contributed by atoms with Gasteiger partial charge < -0.3 is 20.9 Å². The van der Waals surface area contributed by atoms with Crippen molar-refractivity contribution in [2.75, 3.05) is 13.7 Å². The van der Waals surface area contributed by atoms with Gasteiger partial charge in [-0.2, -0.15) is 13.2 Å². The van der Waals surface area contributed by atoms with Crippen molar-refractivity contribution in [3.8, 4) is 11.5 Å². The third kappa shape index (κ3) is 4.39. The lowest BCUT2D eigenvalue weighted by Gasteiger charge is -2.15. The first kappa shape index (κ1) is 18.1. The van der Waals surface area contributed by atoms with E-state index in [9.17, 15) is 13.2 Å². The zero-order chi connectivity index (χ0) is 17.7. The summed E-state index contributed by atoms with van der Waals surface area (Å²) in [4.78, 5) is 0. The van der Waals surface area contributed by atoms with Crippen LogP contribution in [0, 0.1) is 0 Å². The second-order valence-electron chi connectivity index (χ2n) is 5.24. The Balaban J connectivity index is 2.14. The van der Waals surface area contributed by atoms with E-state index in [2.05, 4.69) is 0 Å². The van der Waals surface area contributed by atoms with Crippen molar-refractivity contribution < 1.29 is 22.6 Å². The van der Waals surface area contributed by atoms with E-state index < -0.39 is 11.7 Å². The van der Waals surface area contributed by atoms with Crippen molar-refractivity contribution in [2.24, 2.45) is 11.5 Å². The standard InChI is InChI=1S/C17H19F3N2O2/c1-23-16-8-12(14(22)9-21)5-6-15(16)24-10-11-3-2-4-13(7-11)17(18,19)20/h2-8,14H,9-10,21-22H2,1H3. The predicted molar refractivity (Wildman–Crippen MR) is 84.8 cm³/mol. The van der Waals surface area contributed by atoms with Crippen LogP contribution in [-0.4, -0.2) is 13.7 Å². The fourth-order valence-corrected chi connectivity index (χ4v) is 2.17. The SMILES string of the molecule is COc1cc(C(N)CN)ccc1OCc1cccc(C(F)(F)F)c1. The summed E-state index contributed by atoms with van der Waals surface area (Å²) in [5.41, 5.74) is 11.9. The highest BCUT2D eigenvalue weighted by molar-refractivity contribution is 5.44. The number of nitrogens with two attached hydrogens (primary N) is 2. The first-order valence-electron chi connectivity index (χ1n) is 7.27. The summed E-state index contributed by atoms with van der Waals surface area (Å²) in [6.45, 7) is 0.274. The molecular weight excluding hydrogens is 321 g/mol. The summed E-state index contributed by atoms with van der Waals surface area (Å²) in [7, 11) is 1.48. The van der Waals surface area contributed by atoms with Crippen LogP contribution in [0.15, 0.2) is 42.5 Å². The molecule has 0 saturated heterocycles. The van der Waals surface area contributed by atoms with Crippen molar-refractivity contribution in [3.05, 3.63) is 59.2 Å². The molecule has 0 amide bonds. The van der Waals surface area contributed by atoms with Gasteiger partial charge in [0.1, 0.15) is 6.61 Å². The molecule has 0 fully saturated rings. The van der Waals surface area contributed by atoms with Gasteiger partial charge in [0, 0.05) is 12.6 Å². The fraction of sp³-hybridized carbons (Fsp3) is 0.294. The monoisotopic (exact) mass is 340 g/mol. The summed E-state index contributed by atoms with van der Waals surface area (Å²) < 4.78 is 49.0. The minimum Gasteiger partial charge on any atom is -0.493 e. The van der Waals surface area contributed by atoms with E-state index in [0.29, 0.717) is 17.1 Å². The molecule has 1 unspecified atom stereocenters. The molecule has 4 nitrogen and oxygen atoms in total. The van der Waals surface area contributed by atoms with Crippen LogP contribution in [0.5, 0.6) is 11.5 Å². The molecule has 0 aromatic heterocycles. The molecule has 0 aliphatic heterocycles. The van der Waals surface area contributed by atoms with Gasteiger partial charge in [0.2, 0.25) is 0 Å². The zero-order valence-corrected chi connectivity index (χ0v) is 13.1. The molecule has 0 bridgehead atoms. The Morgan fingerprint density at radius 1 is 1.08 bits per heavy atom. The third-order valence-electron chi connectivity index (χ3n) is 3.52. The average Bonchev–Trinajstić information content (AvgIpc) is 2.58. The molecule has 0 heterocycles. The molecule has 24 heavy (non-hydrogen) atoms. The van der Waals surface area contributed by atoms with Gasteiger partial charge >= 0.3 is 6.18 Å². The van der Waals surface area contributed by atoms with Gasteiger partial charge in [-0.05, 0) is 35.4 Å². The quantitative estimate of drug-likeness (QED) is 0.847. The molecule has 0 aliphatic rings. The summed E-state index contributed by atoms with van der Waals surface area (Å²) in [6, 6.07) is 9.80. The first-order valence-corrected chi connectivity index (χ1v) is 7.27. The molecule has 2 rings (SSSR count). The van der Waals surface area contributed by atoms with Crippen molar-refractivity contribution in [1.29, 1.82) is 0 Å². The van der Waals surface area contributed by atoms with E-state index >= 15 is 0 Å². The molecule has 4 N–H and O–H groups in total. The lowest BCUT2D eigenvalue weighted by atomic mass is 10.1. The van der Waals surface area contributed by atoms with Crippen LogP contribution in [0.3, 0.4) is 0 Å². The summed E-state index contributed by atoms with van der Waals surface area (Å²) >= 11 is 0. The van der Waals surface area contributed by atoms with E-state index in [1.54, 1.807) is 24.3 Å². The molecule has 0 spiro atoms. The normalized spacial score (nSPS) is 12.8. The Morgan fingerprint density at radius 3 is 2.46 bits per heavy atom. The number of hydrogen-bond donors (Lipinski definition) is 2. The Bertz CT molecular complexity index is 690. The Morgan fingerprint density at radius 2 is 1.83 bits per heavy atom. The van der Waals surface area contributed by atoms with Crippen LogP contribution < -0.4 is 20.9 Å². The van der Waals surface area contributed by atoms with Gasteiger partial charge in [-0.1, -0.05) is 18.2 Å². The van der Waals surface area contributed by atoms with Crippen LogP contribution in [-0.2, 0) is 12.8 Å². The van der Waals surface area contributed by atoms with E-state index in [1.807, 2.05) is 0 Å². The number of rotatable bonds is 6. The van der Waals surface area contributed by atoms with Gasteiger partial charge in [0.05, 0.1) is 12.7 Å². The van der Waals surface area contributed by atoms with Crippen LogP contribution in [0.25, 0.3) is 0 Å². The van der Waals surface area contributed by atoms with Gasteiger partial charge in [-0.25, -0.2) is 0 Å². The summed E-state index contributed by atoms with van der Waals surface area (Å²) in [6.07, 6.45) is -4.38. The fourth-order valence-electron chi connectivity index (χ4n) is 2.17. The van der Waals surface area contributed by atoms with Gasteiger partial charge in [-0.15, -0.1) is 0 Å². The molecule has 0 saturated carbocycles. The maximum atomic E-state index is 12.7. The molecule has 0 aliphatic carbocycles. The number of benzene rings is 2. The molecular formula is C17H19F3N2O2. The molecule has 130 valence electrons. The van der Waals surface area contributed by atoms with E-state index in [-0.39, 0.29) is 19.2 Å². The van der Waals surface area contributed by atoms with Gasteiger partial charge in [0.15, 0.2) is 11.5 Å². The highest BCUT2D eigenvalue weighted by Gasteiger charge is 2.30. The molecule has 2 aromatic rings. The second kappa shape index (κ2) is 7.55. The Labute approximate surface area is 138 Å². The lowest BCUT2D eigenvalue weighted by molar-refractivity contribution is -0.137.